The smallest absolute Gasteiger partial charge is 0.309 e. The summed E-state index contributed by atoms with van der Waals surface area (Å²) in [5, 5.41) is 0. The maximum absolute atomic E-state index is 12.8. The molecule has 7 nitrogen and oxygen atoms in total. The van der Waals surface area contributed by atoms with Crippen molar-refractivity contribution in [2.45, 2.75) is 219 Å². The summed E-state index contributed by atoms with van der Waals surface area (Å²) in [5.74, 6) is -0.992. The van der Waals surface area contributed by atoms with Gasteiger partial charge >= 0.3 is 11.9 Å². The number of unbranched alkanes of at least 4 members (excludes halogenated alkanes) is 21. The van der Waals surface area contributed by atoms with Crippen LogP contribution in [0.1, 0.15) is 206 Å². The minimum absolute atomic E-state index is 0.0653. The zero-order valence-corrected chi connectivity index (χ0v) is 32.8. The van der Waals surface area contributed by atoms with Gasteiger partial charge in [-0.3, -0.25) is 14.4 Å². The first kappa shape index (κ1) is 48.0. The van der Waals surface area contributed by atoms with E-state index in [4.69, 9.17) is 20.9 Å². The van der Waals surface area contributed by atoms with Gasteiger partial charge in [0.15, 0.2) is 5.78 Å². The Morgan fingerprint density at radius 3 is 1.50 bits per heavy atom. The normalized spacial score (nSPS) is 12.9. The van der Waals surface area contributed by atoms with Crippen LogP contribution in [0.15, 0.2) is 24.3 Å². The number of hydrogen-bond acceptors (Lipinski definition) is 7. The van der Waals surface area contributed by atoms with Crippen LogP contribution in [-0.2, 0) is 23.9 Å². The Balaban J connectivity index is 4.31. The van der Waals surface area contributed by atoms with Crippen molar-refractivity contribution in [1.82, 2.24) is 0 Å². The summed E-state index contributed by atoms with van der Waals surface area (Å²) in [6.07, 6.45) is 39.0. The van der Waals surface area contributed by atoms with Gasteiger partial charge in [0.05, 0.1) is 19.1 Å². The van der Waals surface area contributed by atoms with Crippen molar-refractivity contribution in [3.63, 3.8) is 0 Å². The van der Waals surface area contributed by atoms with E-state index in [9.17, 15) is 14.4 Å². The zero-order chi connectivity index (χ0) is 36.8. The first-order chi connectivity index (χ1) is 24.4. The molecule has 0 aromatic carbocycles. The molecule has 0 aromatic rings. The Morgan fingerprint density at radius 2 is 1.00 bits per heavy atom. The highest BCUT2D eigenvalue weighted by Crippen LogP contribution is 2.15. The van der Waals surface area contributed by atoms with Gasteiger partial charge in [-0.25, -0.2) is 0 Å². The third kappa shape index (κ3) is 34.5. The second kappa shape index (κ2) is 38.2. The highest BCUT2D eigenvalue weighted by atomic mass is 16.6. The summed E-state index contributed by atoms with van der Waals surface area (Å²) >= 11 is 0. The highest BCUT2D eigenvalue weighted by molar-refractivity contribution is 5.85. The fourth-order valence-electron chi connectivity index (χ4n) is 6.04. The van der Waals surface area contributed by atoms with Gasteiger partial charge in [-0.15, -0.1) is 0 Å². The molecule has 0 heterocycles. The number of carbonyl (C=O) groups excluding carboxylic acids is 3. The van der Waals surface area contributed by atoms with E-state index in [-0.39, 0.29) is 31.0 Å². The molecule has 4 N–H and O–H groups in total. The van der Waals surface area contributed by atoms with Crippen molar-refractivity contribution in [1.29, 1.82) is 0 Å². The van der Waals surface area contributed by atoms with Gasteiger partial charge in [0.2, 0.25) is 0 Å². The molecule has 0 saturated carbocycles. The van der Waals surface area contributed by atoms with Crippen molar-refractivity contribution in [2.75, 3.05) is 13.2 Å². The molecule has 50 heavy (non-hydrogen) atoms. The van der Waals surface area contributed by atoms with Crippen LogP contribution in [0, 0.1) is 0 Å². The number of Topliss-reactive ketones (excluding diaryl/α,β-unsaturated/α-hetero) is 1. The largest absolute Gasteiger partial charge is 0.466 e. The molecule has 0 aliphatic heterocycles. The molecule has 0 saturated heterocycles. The molecule has 0 fully saturated rings. The van der Waals surface area contributed by atoms with Crippen LogP contribution in [-0.4, -0.2) is 43.0 Å². The molecule has 0 aliphatic carbocycles. The molecule has 2 atom stereocenters. The molecule has 0 radical (unpaired) electrons. The Labute approximate surface area is 308 Å². The highest BCUT2D eigenvalue weighted by Gasteiger charge is 2.25. The molecule has 7 heteroatoms. The molecular formula is C43H80N2O5. The summed E-state index contributed by atoms with van der Waals surface area (Å²) in [6, 6.07) is -0.648. The Morgan fingerprint density at radius 1 is 0.540 bits per heavy atom. The van der Waals surface area contributed by atoms with E-state index in [2.05, 4.69) is 38.2 Å². The van der Waals surface area contributed by atoms with Gasteiger partial charge < -0.3 is 20.9 Å². The number of nitrogens with two attached hydrogens (primary N) is 2. The van der Waals surface area contributed by atoms with E-state index >= 15 is 0 Å². The molecule has 0 aromatic heterocycles. The third-order valence-electron chi connectivity index (χ3n) is 9.32. The van der Waals surface area contributed by atoms with Crippen molar-refractivity contribution >= 4 is 17.7 Å². The van der Waals surface area contributed by atoms with E-state index in [1.807, 2.05) is 0 Å². The monoisotopic (exact) mass is 705 g/mol. The average Bonchev–Trinajstić information content (AvgIpc) is 3.10. The van der Waals surface area contributed by atoms with Gasteiger partial charge in [-0.05, 0) is 83.6 Å². The molecule has 0 bridgehead atoms. The predicted molar refractivity (Wildman–Crippen MR) is 211 cm³/mol. The standard InChI is InChI=1S/C43H80N2O5/c1-3-5-7-9-11-13-15-17-19-21-23-25-27-29-34-42(47)50-39(37-41(46)40(45)33-30-31-35-44)38-43(48)49-36-32-28-26-24-22-20-18-16-14-12-10-8-6-4-2/h15-18,39-40H,3-14,19-38,44-45H2,1-2H3/b17-15-,18-16-. The lowest BCUT2D eigenvalue weighted by atomic mass is 10.00. The summed E-state index contributed by atoms with van der Waals surface area (Å²) in [5.41, 5.74) is 11.7. The van der Waals surface area contributed by atoms with Crippen LogP contribution < -0.4 is 11.5 Å². The fraction of sp³-hybridized carbons (Fsp3) is 0.837. The first-order valence-corrected chi connectivity index (χ1v) is 21.1. The van der Waals surface area contributed by atoms with Crippen LogP contribution in [0.2, 0.25) is 0 Å². The third-order valence-corrected chi connectivity index (χ3v) is 9.32. The molecule has 0 aliphatic rings. The molecule has 0 spiro atoms. The minimum Gasteiger partial charge on any atom is -0.466 e. The number of carbonyl (C=O) groups is 3. The number of allylic oxidation sites excluding steroid dienone is 4. The second-order valence-corrected chi connectivity index (χ2v) is 14.3. The van der Waals surface area contributed by atoms with Crippen LogP contribution >= 0.6 is 0 Å². The van der Waals surface area contributed by atoms with Crippen molar-refractivity contribution in [3.8, 4) is 0 Å². The van der Waals surface area contributed by atoms with Crippen molar-refractivity contribution in [3.05, 3.63) is 24.3 Å². The lowest BCUT2D eigenvalue weighted by Gasteiger charge is -2.19. The first-order valence-electron chi connectivity index (χ1n) is 21.1. The molecule has 0 rings (SSSR count). The van der Waals surface area contributed by atoms with Gasteiger partial charge in [0, 0.05) is 12.8 Å². The van der Waals surface area contributed by atoms with E-state index < -0.39 is 18.1 Å². The Hall–Kier alpha value is -1.99. The van der Waals surface area contributed by atoms with Crippen molar-refractivity contribution in [2.24, 2.45) is 11.5 Å². The number of hydrogen-bond donors (Lipinski definition) is 2. The zero-order valence-electron chi connectivity index (χ0n) is 32.8. The van der Waals surface area contributed by atoms with Gasteiger partial charge in [-0.2, -0.15) is 0 Å². The topological polar surface area (TPSA) is 122 Å². The molecule has 292 valence electrons. The van der Waals surface area contributed by atoms with E-state index in [0.29, 0.717) is 19.6 Å². The summed E-state index contributed by atoms with van der Waals surface area (Å²) in [7, 11) is 0. The summed E-state index contributed by atoms with van der Waals surface area (Å²) in [4.78, 5) is 38.1. The van der Waals surface area contributed by atoms with Crippen LogP contribution in [0.3, 0.4) is 0 Å². The summed E-state index contributed by atoms with van der Waals surface area (Å²) in [6.45, 7) is 5.40. The molecule has 0 amide bonds. The number of esters is 2. The maximum Gasteiger partial charge on any atom is 0.309 e. The number of ketones is 1. The second-order valence-electron chi connectivity index (χ2n) is 14.3. The predicted octanol–water partition coefficient (Wildman–Crippen LogP) is 11.2. The van der Waals surface area contributed by atoms with Crippen LogP contribution in [0.5, 0.6) is 0 Å². The fourth-order valence-corrected chi connectivity index (χ4v) is 6.04. The average molecular weight is 705 g/mol. The number of rotatable bonds is 38. The lowest BCUT2D eigenvalue weighted by Crippen LogP contribution is -2.35. The van der Waals surface area contributed by atoms with Gasteiger partial charge in [0.25, 0.3) is 0 Å². The lowest BCUT2D eigenvalue weighted by molar-refractivity contribution is -0.156. The quantitative estimate of drug-likeness (QED) is 0.0372. The van der Waals surface area contributed by atoms with E-state index in [1.165, 1.54) is 96.3 Å². The van der Waals surface area contributed by atoms with E-state index in [1.54, 1.807) is 0 Å². The van der Waals surface area contributed by atoms with Crippen molar-refractivity contribution < 1.29 is 23.9 Å². The van der Waals surface area contributed by atoms with Gasteiger partial charge in [-0.1, -0.05) is 134 Å². The van der Waals surface area contributed by atoms with E-state index in [0.717, 1.165) is 70.6 Å². The van der Waals surface area contributed by atoms with Gasteiger partial charge in [0.1, 0.15) is 6.10 Å². The maximum atomic E-state index is 12.8. The SMILES string of the molecule is CCCCCCC/C=C\CCCCCCCOC(=O)CC(CC(=O)C(N)CCCCN)OC(=O)CCCCCCC/C=C\CCCCCCC. The minimum atomic E-state index is -0.842. The Bertz CT molecular complexity index is 843. The number of ether oxygens (including phenoxy) is 2. The molecule has 2 unspecified atom stereocenters. The van der Waals surface area contributed by atoms with Crippen LogP contribution in [0.4, 0.5) is 0 Å². The van der Waals surface area contributed by atoms with Crippen LogP contribution in [0.25, 0.3) is 0 Å². The summed E-state index contributed by atoms with van der Waals surface area (Å²) < 4.78 is 11.1. The molecular weight excluding hydrogens is 624 g/mol. The Kier molecular flexibility index (Phi) is 36.7.